The first-order valence-electron chi connectivity index (χ1n) is 10.3. The van der Waals surface area contributed by atoms with Crippen LogP contribution in [0.1, 0.15) is 40.9 Å². The summed E-state index contributed by atoms with van der Waals surface area (Å²) in [6.07, 6.45) is 11.0. The van der Waals surface area contributed by atoms with Crippen molar-refractivity contribution in [2.45, 2.75) is 44.7 Å². The number of hydrogen-bond acceptors (Lipinski definition) is 5. The predicted octanol–water partition coefficient (Wildman–Crippen LogP) is 4.24. The number of rotatable bonds is 4. The predicted molar refractivity (Wildman–Crippen MR) is 117 cm³/mol. The molecule has 1 aromatic carbocycles. The van der Waals surface area contributed by atoms with Crippen molar-refractivity contribution in [1.29, 1.82) is 0 Å². The lowest BCUT2D eigenvalue weighted by atomic mass is 9.86. The quantitative estimate of drug-likeness (QED) is 0.578. The van der Waals surface area contributed by atoms with Gasteiger partial charge >= 0.3 is 0 Å². The Morgan fingerprint density at radius 1 is 1.10 bits per heavy atom. The summed E-state index contributed by atoms with van der Waals surface area (Å²) in [7, 11) is 0. The molecule has 5 rings (SSSR count). The fourth-order valence-electron chi connectivity index (χ4n) is 5.07. The van der Waals surface area contributed by atoms with E-state index in [1.54, 1.807) is 24.7 Å². The Kier molecular flexibility index (Phi) is 5.06. The number of hydrogen-bond donors (Lipinski definition) is 0. The first-order valence-corrected chi connectivity index (χ1v) is 11.1. The van der Waals surface area contributed by atoms with Crippen molar-refractivity contribution in [2.24, 2.45) is 5.92 Å². The summed E-state index contributed by atoms with van der Waals surface area (Å²) < 4.78 is 0.742. The summed E-state index contributed by atoms with van der Waals surface area (Å²) >= 11 is 3.34. The Labute approximate surface area is 183 Å². The highest BCUT2D eigenvalue weighted by Crippen LogP contribution is 2.44. The van der Waals surface area contributed by atoms with Gasteiger partial charge in [-0.05, 0) is 72.2 Å². The van der Waals surface area contributed by atoms with Crippen LogP contribution in [0.3, 0.4) is 0 Å². The van der Waals surface area contributed by atoms with E-state index in [-0.39, 0.29) is 11.9 Å². The first-order chi connectivity index (χ1) is 14.6. The first kappa shape index (κ1) is 19.3. The number of carbonyl (C=O) groups is 1. The molecule has 152 valence electrons. The van der Waals surface area contributed by atoms with Gasteiger partial charge in [0.15, 0.2) is 5.82 Å². The average molecular weight is 464 g/mol. The maximum Gasteiger partial charge on any atom is 0.255 e. The van der Waals surface area contributed by atoms with Crippen LogP contribution in [0.15, 0.2) is 53.7 Å². The van der Waals surface area contributed by atoms with Crippen LogP contribution in [0.25, 0.3) is 11.4 Å². The summed E-state index contributed by atoms with van der Waals surface area (Å²) in [4.78, 5) is 33.5. The summed E-state index contributed by atoms with van der Waals surface area (Å²) in [6, 6.07) is 8.20. The van der Waals surface area contributed by atoms with Crippen molar-refractivity contribution in [2.75, 3.05) is 0 Å². The third-order valence-corrected chi connectivity index (χ3v) is 6.75. The molecule has 0 spiro atoms. The Balaban J connectivity index is 1.44. The van der Waals surface area contributed by atoms with Crippen LogP contribution in [0, 0.1) is 12.8 Å². The minimum Gasteiger partial charge on any atom is -0.332 e. The topological polar surface area (TPSA) is 71.9 Å². The van der Waals surface area contributed by atoms with Gasteiger partial charge in [0, 0.05) is 36.2 Å². The number of nitrogens with zero attached hydrogens (tertiary/aromatic N) is 5. The number of benzene rings is 1. The lowest BCUT2D eigenvalue weighted by Crippen LogP contribution is -2.37. The molecule has 0 radical (unpaired) electrons. The van der Waals surface area contributed by atoms with E-state index in [2.05, 4.69) is 40.8 Å². The molecule has 0 aliphatic carbocycles. The molecule has 2 bridgehead atoms. The summed E-state index contributed by atoms with van der Waals surface area (Å²) in [5, 5.41) is 0. The maximum absolute atomic E-state index is 13.7. The van der Waals surface area contributed by atoms with Crippen LogP contribution in [0.2, 0.25) is 0 Å². The van der Waals surface area contributed by atoms with Crippen molar-refractivity contribution < 1.29 is 4.79 Å². The minimum absolute atomic E-state index is 0.0954. The molecule has 0 N–H and O–H groups in total. The Morgan fingerprint density at radius 3 is 2.70 bits per heavy atom. The molecular weight excluding hydrogens is 442 g/mol. The molecule has 6 nitrogen and oxygen atoms in total. The van der Waals surface area contributed by atoms with E-state index >= 15 is 0 Å². The molecular formula is C23H22BrN5O. The molecule has 7 heteroatoms. The van der Waals surface area contributed by atoms with Crippen LogP contribution in [0.4, 0.5) is 0 Å². The fraction of sp³-hybridized carbons (Fsp3) is 0.348. The third kappa shape index (κ3) is 3.41. The molecule has 1 amide bonds. The number of carbonyl (C=O) groups excluding carboxylic acids is 1. The van der Waals surface area contributed by atoms with Gasteiger partial charge in [0.1, 0.15) is 4.60 Å². The van der Waals surface area contributed by atoms with E-state index in [1.165, 1.54) is 0 Å². The Hall–Kier alpha value is -2.67. The van der Waals surface area contributed by atoms with Crippen molar-refractivity contribution >= 4 is 21.8 Å². The van der Waals surface area contributed by atoms with Crippen LogP contribution in [0.5, 0.6) is 0 Å². The van der Waals surface area contributed by atoms with Crippen LogP contribution < -0.4 is 0 Å². The summed E-state index contributed by atoms with van der Waals surface area (Å²) in [5.41, 5.74) is 3.53. The van der Waals surface area contributed by atoms with E-state index in [0.29, 0.717) is 23.3 Å². The molecule has 2 aromatic heterocycles. The molecule has 0 saturated carbocycles. The molecule has 3 unspecified atom stereocenters. The number of halogens is 1. The van der Waals surface area contributed by atoms with E-state index < -0.39 is 0 Å². The van der Waals surface area contributed by atoms with Crippen molar-refractivity contribution in [3.8, 4) is 11.4 Å². The zero-order chi connectivity index (χ0) is 20.7. The van der Waals surface area contributed by atoms with Crippen LogP contribution in [-0.2, 0) is 6.42 Å². The zero-order valence-corrected chi connectivity index (χ0v) is 18.3. The van der Waals surface area contributed by atoms with Crippen molar-refractivity contribution in [1.82, 2.24) is 24.8 Å². The van der Waals surface area contributed by atoms with Gasteiger partial charge in [0.2, 0.25) is 0 Å². The van der Waals surface area contributed by atoms with E-state index in [9.17, 15) is 4.79 Å². The van der Waals surface area contributed by atoms with Gasteiger partial charge in [0.05, 0.1) is 17.5 Å². The van der Waals surface area contributed by atoms with Crippen LogP contribution in [-0.4, -0.2) is 42.8 Å². The second-order valence-electron chi connectivity index (χ2n) is 8.11. The fourth-order valence-corrected chi connectivity index (χ4v) is 5.28. The lowest BCUT2D eigenvalue weighted by molar-refractivity contribution is 0.0719. The second-order valence-corrected chi connectivity index (χ2v) is 8.92. The van der Waals surface area contributed by atoms with E-state index in [0.717, 1.165) is 47.1 Å². The number of amides is 1. The number of aromatic nitrogens is 4. The van der Waals surface area contributed by atoms with Gasteiger partial charge in [-0.3, -0.25) is 9.78 Å². The molecule has 2 saturated heterocycles. The van der Waals surface area contributed by atoms with Gasteiger partial charge in [-0.1, -0.05) is 12.1 Å². The average Bonchev–Trinajstić information content (AvgIpc) is 3.33. The zero-order valence-electron chi connectivity index (χ0n) is 16.7. The van der Waals surface area contributed by atoms with Crippen LogP contribution >= 0.6 is 15.9 Å². The van der Waals surface area contributed by atoms with Gasteiger partial charge in [-0.2, -0.15) is 0 Å². The van der Waals surface area contributed by atoms with Gasteiger partial charge in [0.25, 0.3) is 5.91 Å². The largest absolute Gasteiger partial charge is 0.332 e. The SMILES string of the molecule is Cc1cccc(C(=O)N2C3CCC2C(Cc2cnc(Br)cn2)C3)c1-c1ncccn1. The lowest BCUT2D eigenvalue weighted by Gasteiger charge is -2.25. The van der Waals surface area contributed by atoms with Crippen molar-refractivity contribution in [3.63, 3.8) is 0 Å². The molecule has 4 heterocycles. The summed E-state index contributed by atoms with van der Waals surface area (Å²) in [5.74, 6) is 1.12. The van der Waals surface area contributed by atoms with Gasteiger partial charge in [-0.25, -0.2) is 15.0 Å². The molecule has 3 aromatic rings. The highest BCUT2D eigenvalue weighted by Gasteiger charge is 2.48. The third-order valence-electron chi connectivity index (χ3n) is 6.34. The molecule has 30 heavy (non-hydrogen) atoms. The highest BCUT2D eigenvalue weighted by atomic mass is 79.9. The Bertz CT molecular complexity index is 1070. The second kappa shape index (κ2) is 7.87. The molecule has 2 aliphatic rings. The smallest absolute Gasteiger partial charge is 0.255 e. The van der Waals surface area contributed by atoms with Gasteiger partial charge in [-0.15, -0.1) is 0 Å². The van der Waals surface area contributed by atoms with Crippen molar-refractivity contribution in [3.05, 3.63) is 70.5 Å². The van der Waals surface area contributed by atoms with E-state index in [4.69, 9.17) is 0 Å². The highest BCUT2D eigenvalue weighted by molar-refractivity contribution is 9.10. The summed E-state index contributed by atoms with van der Waals surface area (Å²) in [6.45, 7) is 2.01. The van der Waals surface area contributed by atoms with Gasteiger partial charge < -0.3 is 4.90 Å². The minimum atomic E-state index is 0.0954. The Morgan fingerprint density at radius 2 is 1.93 bits per heavy atom. The van der Waals surface area contributed by atoms with E-state index in [1.807, 2.05) is 31.3 Å². The molecule has 2 aliphatic heterocycles. The maximum atomic E-state index is 13.7. The monoisotopic (exact) mass is 463 g/mol. The standard InChI is InChI=1S/C23H22BrN5O/c1-14-4-2-5-18(21(14)22-25-8-3-9-26-22)23(30)29-17-6-7-19(29)15(11-17)10-16-12-28-20(24)13-27-16/h2-5,8-9,12-13,15,17,19H,6-7,10-11H2,1H3. The normalized spacial score (nSPS) is 22.5. The number of fused-ring (bicyclic) bond motifs is 2. The number of aryl methyl sites for hydroxylation is 1. The molecule has 3 atom stereocenters. The molecule has 2 fully saturated rings.